The molecule has 1 fully saturated rings. The van der Waals surface area contributed by atoms with Gasteiger partial charge in [-0.25, -0.2) is 4.98 Å². The van der Waals surface area contributed by atoms with Crippen LogP contribution in [0.15, 0.2) is 34.9 Å². The second kappa shape index (κ2) is 5.35. The molecule has 1 aliphatic rings. The van der Waals surface area contributed by atoms with E-state index in [0.29, 0.717) is 11.4 Å². The van der Waals surface area contributed by atoms with Gasteiger partial charge in [0.05, 0.1) is 6.54 Å². The topological polar surface area (TPSA) is 62.3 Å². The van der Waals surface area contributed by atoms with Crippen molar-refractivity contribution in [2.24, 2.45) is 0 Å². The molecule has 3 heterocycles. The van der Waals surface area contributed by atoms with Crippen LogP contribution in [0.3, 0.4) is 0 Å². The number of ether oxygens (including phenoxy) is 1. The molecule has 0 radical (unpaired) electrons. The zero-order valence-electron chi connectivity index (χ0n) is 11.2. The summed E-state index contributed by atoms with van der Waals surface area (Å²) in [6, 6.07) is 9.43. The van der Waals surface area contributed by atoms with Crippen LogP contribution in [-0.4, -0.2) is 29.1 Å². The summed E-state index contributed by atoms with van der Waals surface area (Å²) >= 11 is 0. The molecule has 3 rings (SSSR count). The minimum Gasteiger partial charge on any atom is -0.488 e. The molecule has 1 aliphatic heterocycles. The molecule has 0 amide bonds. The molecular weight excluding hydrogens is 254 g/mol. The monoisotopic (exact) mass is 269 g/mol. The van der Waals surface area contributed by atoms with E-state index in [2.05, 4.69) is 9.88 Å². The fourth-order valence-electron chi connectivity index (χ4n) is 2.25. The maximum Gasteiger partial charge on any atom is 0.144 e. The maximum absolute atomic E-state index is 8.79. The Hall–Kier alpha value is -2.32. The molecule has 0 bridgehead atoms. The van der Waals surface area contributed by atoms with Gasteiger partial charge in [-0.15, -0.1) is 0 Å². The number of furan rings is 1. The van der Waals surface area contributed by atoms with Crippen LogP contribution < -0.4 is 4.74 Å². The number of nitriles is 1. The van der Waals surface area contributed by atoms with Gasteiger partial charge in [-0.2, -0.15) is 5.26 Å². The number of aromatic nitrogens is 1. The number of hydrogen-bond donors (Lipinski definition) is 0. The van der Waals surface area contributed by atoms with Gasteiger partial charge in [-0.05, 0) is 25.1 Å². The van der Waals surface area contributed by atoms with Gasteiger partial charge in [0, 0.05) is 25.4 Å². The molecule has 1 saturated heterocycles. The second-order valence-corrected chi connectivity index (χ2v) is 4.93. The highest BCUT2D eigenvalue weighted by atomic mass is 16.5. The molecule has 2 aromatic rings. The number of nitrogens with zero attached hydrogens (tertiary/aromatic N) is 3. The Morgan fingerprint density at radius 3 is 3.00 bits per heavy atom. The van der Waals surface area contributed by atoms with E-state index in [4.69, 9.17) is 14.4 Å². The Kier molecular flexibility index (Phi) is 3.40. The van der Waals surface area contributed by atoms with Gasteiger partial charge in [0.15, 0.2) is 0 Å². The van der Waals surface area contributed by atoms with Gasteiger partial charge in [0.1, 0.15) is 35.1 Å². The molecule has 5 nitrogen and oxygen atoms in total. The van der Waals surface area contributed by atoms with Crippen LogP contribution in [0.5, 0.6) is 5.75 Å². The average Bonchev–Trinajstić information content (AvgIpc) is 2.82. The lowest BCUT2D eigenvalue weighted by molar-refractivity contribution is 0.0105. The summed E-state index contributed by atoms with van der Waals surface area (Å²) < 4.78 is 11.3. The highest BCUT2D eigenvalue weighted by Gasteiger charge is 2.29. The average molecular weight is 269 g/mol. The SMILES string of the molecule is Cc1ccc(CN2CC(Oc3ccnc(C#N)c3)C2)o1. The van der Waals surface area contributed by atoms with Gasteiger partial charge >= 0.3 is 0 Å². The molecule has 0 saturated carbocycles. The van der Waals surface area contributed by atoms with Crippen molar-refractivity contribution in [1.29, 1.82) is 5.26 Å². The van der Waals surface area contributed by atoms with Crippen molar-refractivity contribution < 1.29 is 9.15 Å². The highest BCUT2D eigenvalue weighted by molar-refractivity contribution is 5.30. The molecule has 20 heavy (non-hydrogen) atoms. The Balaban J connectivity index is 1.49. The fourth-order valence-corrected chi connectivity index (χ4v) is 2.25. The second-order valence-electron chi connectivity index (χ2n) is 4.93. The minimum absolute atomic E-state index is 0.167. The van der Waals surface area contributed by atoms with Gasteiger partial charge in [0.2, 0.25) is 0 Å². The summed E-state index contributed by atoms with van der Waals surface area (Å²) in [7, 11) is 0. The molecule has 5 heteroatoms. The largest absolute Gasteiger partial charge is 0.488 e. The van der Waals surface area contributed by atoms with Crippen LogP contribution in [-0.2, 0) is 6.54 Å². The number of rotatable bonds is 4. The normalized spacial score (nSPS) is 15.6. The first kappa shape index (κ1) is 12.7. The van der Waals surface area contributed by atoms with Crippen LogP contribution >= 0.6 is 0 Å². The molecule has 0 unspecified atom stereocenters. The van der Waals surface area contributed by atoms with E-state index in [9.17, 15) is 0 Å². The highest BCUT2D eigenvalue weighted by Crippen LogP contribution is 2.20. The van der Waals surface area contributed by atoms with Crippen LogP contribution in [0.2, 0.25) is 0 Å². The van der Waals surface area contributed by atoms with Crippen molar-refractivity contribution in [3.05, 3.63) is 47.7 Å². The summed E-state index contributed by atoms with van der Waals surface area (Å²) in [5, 5.41) is 8.79. The molecule has 0 aliphatic carbocycles. The van der Waals surface area contributed by atoms with Gasteiger partial charge in [-0.1, -0.05) is 0 Å². The summed E-state index contributed by atoms with van der Waals surface area (Å²) in [5.74, 6) is 2.63. The van der Waals surface area contributed by atoms with E-state index in [-0.39, 0.29) is 6.10 Å². The zero-order chi connectivity index (χ0) is 13.9. The lowest BCUT2D eigenvalue weighted by atomic mass is 10.1. The zero-order valence-corrected chi connectivity index (χ0v) is 11.2. The summed E-state index contributed by atoms with van der Waals surface area (Å²) in [4.78, 5) is 6.18. The van der Waals surface area contributed by atoms with E-state index < -0.39 is 0 Å². The quantitative estimate of drug-likeness (QED) is 0.850. The Bertz CT molecular complexity index is 639. The number of hydrogen-bond acceptors (Lipinski definition) is 5. The van der Waals surface area contributed by atoms with E-state index >= 15 is 0 Å². The van der Waals surface area contributed by atoms with E-state index in [0.717, 1.165) is 31.2 Å². The van der Waals surface area contributed by atoms with E-state index in [1.807, 2.05) is 25.1 Å². The van der Waals surface area contributed by atoms with Crippen molar-refractivity contribution in [1.82, 2.24) is 9.88 Å². The summed E-state index contributed by atoms with van der Waals surface area (Å²) in [5.41, 5.74) is 0.379. The number of aryl methyl sites for hydroxylation is 1. The minimum atomic E-state index is 0.167. The predicted octanol–water partition coefficient (Wildman–Crippen LogP) is 2.12. The molecule has 0 spiro atoms. The first-order chi connectivity index (χ1) is 9.72. The first-order valence-corrected chi connectivity index (χ1v) is 6.53. The molecule has 102 valence electrons. The van der Waals surface area contributed by atoms with Crippen LogP contribution in [0.1, 0.15) is 17.2 Å². The third kappa shape index (κ3) is 2.81. The lowest BCUT2D eigenvalue weighted by Crippen LogP contribution is -2.53. The van der Waals surface area contributed by atoms with Gasteiger partial charge < -0.3 is 9.15 Å². The first-order valence-electron chi connectivity index (χ1n) is 6.53. The Morgan fingerprint density at radius 2 is 2.30 bits per heavy atom. The van der Waals surface area contributed by atoms with Crippen molar-refractivity contribution in [2.45, 2.75) is 19.6 Å². The summed E-state index contributed by atoms with van der Waals surface area (Å²) in [6.45, 7) is 4.49. The maximum atomic E-state index is 8.79. The van der Waals surface area contributed by atoms with Crippen molar-refractivity contribution in [3.8, 4) is 11.8 Å². The molecule has 2 aromatic heterocycles. The van der Waals surface area contributed by atoms with Crippen molar-refractivity contribution in [3.63, 3.8) is 0 Å². The van der Waals surface area contributed by atoms with Gasteiger partial charge in [0.25, 0.3) is 0 Å². The third-order valence-electron chi connectivity index (χ3n) is 3.25. The molecule has 0 aromatic carbocycles. The van der Waals surface area contributed by atoms with E-state index in [1.165, 1.54) is 0 Å². The number of pyridine rings is 1. The van der Waals surface area contributed by atoms with Crippen molar-refractivity contribution >= 4 is 0 Å². The van der Waals surface area contributed by atoms with Crippen LogP contribution in [0.4, 0.5) is 0 Å². The standard InChI is InChI=1S/C15H15N3O2/c1-11-2-3-14(19-11)8-18-9-15(10-18)20-13-4-5-17-12(6-13)7-16/h2-6,15H,8-10H2,1H3. The summed E-state index contributed by atoms with van der Waals surface area (Å²) in [6.07, 6.45) is 1.76. The van der Waals surface area contributed by atoms with Crippen LogP contribution in [0.25, 0.3) is 0 Å². The Morgan fingerprint density at radius 1 is 1.45 bits per heavy atom. The third-order valence-corrected chi connectivity index (χ3v) is 3.25. The fraction of sp³-hybridized carbons (Fsp3) is 0.333. The lowest BCUT2D eigenvalue weighted by Gasteiger charge is -2.38. The molecule has 0 atom stereocenters. The van der Waals surface area contributed by atoms with Crippen molar-refractivity contribution in [2.75, 3.05) is 13.1 Å². The molecular formula is C15H15N3O2. The van der Waals surface area contributed by atoms with Gasteiger partial charge in [-0.3, -0.25) is 4.90 Å². The smallest absolute Gasteiger partial charge is 0.144 e. The molecule has 0 N–H and O–H groups in total. The predicted molar refractivity (Wildman–Crippen MR) is 72.1 cm³/mol. The number of likely N-dealkylation sites (tertiary alicyclic amines) is 1. The van der Waals surface area contributed by atoms with Crippen LogP contribution in [0, 0.1) is 18.3 Å². The Labute approximate surface area is 117 Å². The van der Waals surface area contributed by atoms with E-state index in [1.54, 1.807) is 18.3 Å².